The Morgan fingerprint density at radius 1 is 1.08 bits per heavy atom. The first kappa shape index (κ1) is 25.3. The third kappa shape index (κ3) is 5.49. The van der Waals surface area contributed by atoms with Crippen molar-refractivity contribution >= 4 is 34.4 Å². The maximum atomic E-state index is 12.7. The maximum absolute atomic E-state index is 12.7. The van der Waals surface area contributed by atoms with Crippen molar-refractivity contribution in [2.24, 2.45) is 0 Å². The highest BCUT2D eigenvalue weighted by molar-refractivity contribution is 6.07. The fourth-order valence-corrected chi connectivity index (χ4v) is 4.81. The van der Waals surface area contributed by atoms with E-state index in [4.69, 9.17) is 9.84 Å². The van der Waals surface area contributed by atoms with Gasteiger partial charge in [-0.3, -0.25) is 4.79 Å². The molecular weight excluding hydrogens is 484 g/mol. The summed E-state index contributed by atoms with van der Waals surface area (Å²) < 4.78 is 7.27. The summed E-state index contributed by atoms with van der Waals surface area (Å²) in [6.45, 7) is 7.00. The molecular formula is C28H32N6O4. The molecule has 5 rings (SSSR count). The maximum Gasteiger partial charge on any atom is 0.410 e. The monoisotopic (exact) mass is 516 g/mol. The van der Waals surface area contributed by atoms with Crippen molar-refractivity contribution in [1.29, 1.82) is 0 Å². The van der Waals surface area contributed by atoms with Crippen LogP contribution in [0.15, 0.2) is 59.4 Å². The van der Waals surface area contributed by atoms with Crippen LogP contribution in [0, 0.1) is 0 Å². The highest BCUT2D eigenvalue weighted by Crippen LogP contribution is 2.32. The summed E-state index contributed by atoms with van der Waals surface area (Å²) in [5.74, 6) is 0.0402. The number of anilines is 1. The third-order valence-corrected chi connectivity index (χ3v) is 6.57. The summed E-state index contributed by atoms with van der Waals surface area (Å²) in [6.07, 6.45) is 1.04. The Bertz CT molecular complexity index is 1530. The van der Waals surface area contributed by atoms with Gasteiger partial charge < -0.3 is 25.3 Å². The van der Waals surface area contributed by atoms with Crippen LogP contribution in [-0.2, 0) is 11.3 Å². The quantitative estimate of drug-likeness (QED) is 0.366. The largest absolute Gasteiger partial charge is 0.444 e. The molecule has 1 saturated heterocycles. The van der Waals surface area contributed by atoms with Crippen LogP contribution in [0.1, 0.15) is 50.8 Å². The van der Waals surface area contributed by atoms with Crippen LogP contribution in [0.5, 0.6) is 0 Å². The second-order valence-corrected chi connectivity index (χ2v) is 10.6. The molecule has 3 amide bonds. The van der Waals surface area contributed by atoms with Crippen LogP contribution in [0.25, 0.3) is 16.6 Å². The minimum atomic E-state index is -0.549. The van der Waals surface area contributed by atoms with E-state index in [1.807, 2.05) is 63.2 Å². The molecule has 0 aliphatic carbocycles. The summed E-state index contributed by atoms with van der Waals surface area (Å²) in [6, 6.07) is 16.3. The van der Waals surface area contributed by atoms with Crippen molar-refractivity contribution in [3.8, 4) is 0 Å². The molecule has 0 unspecified atom stereocenters. The number of carbonyl (C=O) groups excluding carboxylic acids is 2. The Labute approximate surface area is 220 Å². The lowest BCUT2D eigenvalue weighted by molar-refractivity contribution is 0.0203. The summed E-state index contributed by atoms with van der Waals surface area (Å²) in [5, 5.41) is 11.2. The lowest BCUT2D eigenvalue weighted by atomic mass is 9.93. The molecule has 38 heavy (non-hydrogen) atoms. The van der Waals surface area contributed by atoms with Crippen molar-refractivity contribution in [2.75, 3.05) is 18.4 Å². The van der Waals surface area contributed by atoms with Gasteiger partial charge in [0.25, 0.3) is 5.56 Å². The Morgan fingerprint density at radius 3 is 2.53 bits per heavy atom. The molecule has 0 bridgehead atoms. The van der Waals surface area contributed by atoms with Crippen molar-refractivity contribution < 1.29 is 14.3 Å². The van der Waals surface area contributed by atoms with E-state index < -0.39 is 5.60 Å². The average molecular weight is 517 g/mol. The number of ether oxygens (including phenoxy) is 1. The zero-order valence-corrected chi connectivity index (χ0v) is 21.8. The number of fused-ring (bicyclic) bond motifs is 3. The van der Waals surface area contributed by atoms with Crippen LogP contribution in [0.4, 0.5) is 15.3 Å². The molecule has 3 N–H and O–H groups in total. The van der Waals surface area contributed by atoms with Crippen LogP contribution >= 0.6 is 0 Å². The molecule has 2 aromatic heterocycles. The van der Waals surface area contributed by atoms with E-state index in [0.717, 1.165) is 11.3 Å². The molecule has 0 saturated carbocycles. The van der Waals surface area contributed by atoms with Gasteiger partial charge in [-0.05, 0) is 51.3 Å². The number of H-pyrrole nitrogens is 1. The van der Waals surface area contributed by atoms with Crippen molar-refractivity contribution in [2.45, 2.75) is 51.7 Å². The summed E-state index contributed by atoms with van der Waals surface area (Å²) in [4.78, 5) is 42.5. The number of nitrogens with one attached hydrogen (secondary N) is 3. The Morgan fingerprint density at radius 2 is 1.82 bits per heavy atom. The van der Waals surface area contributed by atoms with E-state index in [-0.39, 0.29) is 23.6 Å². The Hall–Kier alpha value is -4.34. The van der Waals surface area contributed by atoms with Gasteiger partial charge in [0.2, 0.25) is 0 Å². The number of urea groups is 1. The predicted molar refractivity (Wildman–Crippen MR) is 145 cm³/mol. The van der Waals surface area contributed by atoms with Gasteiger partial charge in [0, 0.05) is 31.6 Å². The normalized spacial score (nSPS) is 14.6. The number of piperidine rings is 1. The number of likely N-dealkylation sites (tertiary alicyclic amines) is 1. The number of aromatic amines is 1. The molecule has 1 fully saturated rings. The van der Waals surface area contributed by atoms with Gasteiger partial charge in [0.05, 0.1) is 22.3 Å². The molecule has 3 heterocycles. The van der Waals surface area contributed by atoms with Crippen molar-refractivity contribution in [3.63, 3.8) is 0 Å². The molecule has 4 aromatic rings. The predicted octanol–water partition coefficient (Wildman–Crippen LogP) is 4.61. The van der Waals surface area contributed by atoms with Crippen LogP contribution in [-0.4, -0.2) is 50.3 Å². The van der Waals surface area contributed by atoms with E-state index in [2.05, 4.69) is 15.6 Å². The van der Waals surface area contributed by atoms with E-state index >= 15 is 0 Å². The van der Waals surface area contributed by atoms with Crippen LogP contribution in [0.3, 0.4) is 0 Å². The number of nitrogens with zero attached hydrogens (tertiary/aromatic N) is 3. The topological polar surface area (TPSA) is 121 Å². The molecule has 2 aromatic carbocycles. The molecule has 198 valence electrons. The highest BCUT2D eigenvalue weighted by atomic mass is 16.6. The van der Waals surface area contributed by atoms with Gasteiger partial charge in [-0.2, -0.15) is 5.10 Å². The van der Waals surface area contributed by atoms with Crippen LogP contribution < -0.4 is 16.2 Å². The molecule has 1 aliphatic heterocycles. The number of rotatable bonds is 4. The lowest BCUT2D eigenvalue weighted by Gasteiger charge is -2.33. The minimum absolute atomic E-state index is 0.0402. The van der Waals surface area contributed by atoms with Gasteiger partial charge in [-0.25, -0.2) is 14.1 Å². The van der Waals surface area contributed by atoms with Crippen LogP contribution in [0.2, 0.25) is 0 Å². The smallest absolute Gasteiger partial charge is 0.410 e. The van der Waals surface area contributed by atoms with Crippen molar-refractivity contribution in [1.82, 2.24) is 24.8 Å². The first-order valence-electron chi connectivity index (χ1n) is 12.8. The molecule has 10 nitrogen and oxygen atoms in total. The zero-order chi connectivity index (χ0) is 26.9. The highest BCUT2D eigenvalue weighted by Gasteiger charge is 2.29. The van der Waals surface area contributed by atoms with Gasteiger partial charge in [-0.15, -0.1) is 0 Å². The third-order valence-electron chi connectivity index (χ3n) is 6.57. The molecule has 0 radical (unpaired) electrons. The van der Waals surface area contributed by atoms with Gasteiger partial charge in [0.1, 0.15) is 11.2 Å². The van der Waals surface area contributed by atoms with E-state index in [0.29, 0.717) is 54.7 Å². The number of hydrogen-bond acceptors (Lipinski definition) is 5. The summed E-state index contributed by atoms with van der Waals surface area (Å²) >= 11 is 0. The minimum Gasteiger partial charge on any atom is -0.444 e. The Kier molecular flexibility index (Phi) is 6.79. The second-order valence-electron chi connectivity index (χ2n) is 10.6. The molecule has 0 spiro atoms. The van der Waals surface area contributed by atoms with E-state index in [1.54, 1.807) is 21.5 Å². The second kappa shape index (κ2) is 10.2. The Balaban J connectivity index is 1.38. The summed E-state index contributed by atoms with van der Waals surface area (Å²) in [7, 11) is 0. The average Bonchev–Trinajstić information content (AvgIpc) is 3.26. The SMILES string of the molecule is CC(C)(C)OC(=O)N1CCC(c2cc(=O)[nH]c3c4c(NC(=O)NCc5ccccc5)cccc4nn23)CC1. The zero-order valence-electron chi connectivity index (χ0n) is 21.8. The fraction of sp³-hybridized carbons (Fsp3) is 0.357. The van der Waals surface area contributed by atoms with Gasteiger partial charge in [-0.1, -0.05) is 36.4 Å². The summed E-state index contributed by atoms with van der Waals surface area (Å²) in [5.41, 5.74) is 2.71. The van der Waals surface area contributed by atoms with E-state index in [9.17, 15) is 14.4 Å². The van der Waals surface area contributed by atoms with Gasteiger partial charge >= 0.3 is 12.1 Å². The number of carbonyl (C=O) groups is 2. The molecule has 1 aliphatic rings. The molecule has 0 atom stereocenters. The number of amides is 3. The standard InChI is InChI=1S/C28H32N6O4/c1-28(2,3)38-27(37)33-14-12-19(13-15-33)22-16-23(35)31-25-24-20(10-7-11-21(24)32-34(22)25)30-26(36)29-17-18-8-5-4-6-9-18/h4-11,16,19H,12-15,17H2,1-3H3,(H,31,35)(H2,29,30,36). The number of hydrogen-bond donors (Lipinski definition) is 3. The molecule has 10 heteroatoms. The first-order chi connectivity index (χ1) is 18.2. The number of aromatic nitrogens is 3. The first-order valence-corrected chi connectivity index (χ1v) is 12.8. The van der Waals surface area contributed by atoms with Crippen molar-refractivity contribution in [3.05, 3.63) is 76.2 Å². The number of benzene rings is 2. The fourth-order valence-electron chi connectivity index (χ4n) is 4.81. The lowest BCUT2D eigenvalue weighted by Crippen LogP contribution is -2.41. The van der Waals surface area contributed by atoms with E-state index in [1.165, 1.54) is 0 Å². The van der Waals surface area contributed by atoms with Gasteiger partial charge in [0.15, 0.2) is 0 Å².